The molecular weight excluding hydrogens is 454 g/mol. The van der Waals surface area contributed by atoms with Gasteiger partial charge in [-0.05, 0) is 64.3 Å². The summed E-state index contributed by atoms with van der Waals surface area (Å²) in [5, 5.41) is 0.779. The maximum absolute atomic E-state index is 13.1. The Bertz CT molecular complexity index is 940. The standard InChI is InChI=1S/C21H24BrN3OS2/c1-15-5-8-17(9-6-15)27-14-20(26)25(12-4-11-24(2)3)21-23-18-10-7-16(22)13-19(18)28-21/h5-10,13H,4,11-12,14H2,1-3H3. The third-order valence-corrected chi connectivity index (χ3v) is 6.77. The Morgan fingerprint density at radius 3 is 2.61 bits per heavy atom. The molecule has 28 heavy (non-hydrogen) atoms. The molecule has 4 nitrogen and oxygen atoms in total. The lowest BCUT2D eigenvalue weighted by molar-refractivity contribution is -0.116. The molecule has 0 saturated carbocycles. The van der Waals surface area contributed by atoms with Gasteiger partial charge in [-0.25, -0.2) is 4.98 Å². The Morgan fingerprint density at radius 2 is 1.89 bits per heavy atom. The third kappa shape index (κ3) is 5.80. The Labute approximate surface area is 183 Å². The van der Waals surface area contributed by atoms with Crippen LogP contribution in [0.15, 0.2) is 51.8 Å². The van der Waals surface area contributed by atoms with E-state index in [1.807, 2.05) is 17.0 Å². The number of anilines is 1. The summed E-state index contributed by atoms with van der Waals surface area (Å²) < 4.78 is 2.11. The van der Waals surface area contributed by atoms with Gasteiger partial charge in [0.2, 0.25) is 5.91 Å². The van der Waals surface area contributed by atoms with E-state index in [4.69, 9.17) is 4.98 Å². The van der Waals surface area contributed by atoms with Gasteiger partial charge in [-0.3, -0.25) is 9.69 Å². The first kappa shape index (κ1) is 21.3. The highest BCUT2D eigenvalue weighted by atomic mass is 79.9. The smallest absolute Gasteiger partial charge is 0.239 e. The number of thioether (sulfide) groups is 1. The van der Waals surface area contributed by atoms with Crippen molar-refractivity contribution in [1.29, 1.82) is 0 Å². The van der Waals surface area contributed by atoms with Gasteiger partial charge in [0.1, 0.15) is 0 Å². The van der Waals surface area contributed by atoms with Gasteiger partial charge in [0.05, 0.1) is 16.0 Å². The largest absolute Gasteiger partial charge is 0.309 e. The summed E-state index contributed by atoms with van der Waals surface area (Å²) in [7, 11) is 4.10. The summed E-state index contributed by atoms with van der Waals surface area (Å²) in [6.45, 7) is 3.68. The first-order chi connectivity index (χ1) is 13.4. The fraction of sp³-hybridized carbons (Fsp3) is 0.333. The molecule has 0 saturated heterocycles. The van der Waals surface area contributed by atoms with E-state index in [2.05, 4.69) is 72.2 Å². The minimum Gasteiger partial charge on any atom is -0.309 e. The van der Waals surface area contributed by atoms with Gasteiger partial charge in [-0.1, -0.05) is 45.0 Å². The number of fused-ring (bicyclic) bond motifs is 1. The molecule has 2 aromatic carbocycles. The van der Waals surface area contributed by atoms with Crippen molar-refractivity contribution in [2.75, 3.05) is 37.8 Å². The van der Waals surface area contributed by atoms with Gasteiger partial charge < -0.3 is 4.90 Å². The van der Waals surface area contributed by atoms with E-state index < -0.39 is 0 Å². The van der Waals surface area contributed by atoms with Crippen molar-refractivity contribution in [3.63, 3.8) is 0 Å². The van der Waals surface area contributed by atoms with Crippen molar-refractivity contribution >= 4 is 60.3 Å². The van der Waals surface area contributed by atoms with Gasteiger partial charge in [0.15, 0.2) is 5.13 Å². The average Bonchev–Trinajstić information content (AvgIpc) is 3.07. The number of carbonyl (C=O) groups is 1. The van der Waals surface area contributed by atoms with Crippen LogP contribution in [0.25, 0.3) is 10.2 Å². The molecule has 0 atom stereocenters. The molecule has 3 aromatic rings. The number of hydrogen-bond donors (Lipinski definition) is 0. The van der Waals surface area contributed by atoms with Crippen LogP contribution in [0.4, 0.5) is 5.13 Å². The van der Waals surface area contributed by atoms with E-state index in [0.717, 1.165) is 37.7 Å². The van der Waals surface area contributed by atoms with Gasteiger partial charge in [0.25, 0.3) is 0 Å². The van der Waals surface area contributed by atoms with E-state index in [-0.39, 0.29) is 5.91 Å². The number of halogens is 1. The molecule has 0 N–H and O–H groups in total. The molecule has 0 aliphatic carbocycles. The van der Waals surface area contributed by atoms with Crippen LogP contribution in [0.3, 0.4) is 0 Å². The van der Waals surface area contributed by atoms with E-state index in [1.165, 1.54) is 5.56 Å². The maximum Gasteiger partial charge on any atom is 0.239 e. The van der Waals surface area contributed by atoms with Crippen molar-refractivity contribution in [3.8, 4) is 0 Å². The molecule has 0 aliphatic heterocycles. The first-order valence-electron chi connectivity index (χ1n) is 9.13. The first-order valence-corrected chi connectivity index (χ1v) is 11.7. The van der Waals surface area contributed by atoms with Crippen LogP contribution < -0.4 is 4.90 Å². The lowest BCUT2D eigenvalue weighted by atomic mass is 10.2. The monoisotopic (exact) mass is 477 g/mol. The summed E-state index contributed by atoms with van der Waals surface area (Å²) in [6, 6.07) is 14.3. The zero-order valence-electron chi connectivity index (χ0n) is 16.3. The molecule has 3 rings (SSSR count). The topological polar surface area (TPSA) is 36.4 Å². The highest BCUT2D eigenvalue weighted by Gasteiger charge is 2.20. The number of amides is 1. The van der Waals surface area contributed by atoms with Crippen LogP contribution in [0, 0.1) is 6.92 Å². The number of nitrogens with zero attached hydrogens (tertiary/aromatic N) is 3. The third-order valence-electron chi connectivity index (χ3n) is 4.24. The molecule has 7 heteroatoms. The Balaban J connectivity index is 1.76. The molecule has 1 amide bonds. The quantitative estimate of drug-likeness (QED) is 0.404. The Hall–Kier alpha value is -1.41. The van der Waals surface area contributed by atoms with Crippen LogP contribution in [-0.2, 0) is 4.79 Å². The lowest BCUT2D eigenvalue weighted by Gasteiger charge is -2.21. The predicted molar refractivity (Wildman–Crippen MR) is 125 cm³/mol. The zero-order chi connectivity index (χ0) is 20.1. The number of benzene rings is 2. The van der Waals surface area contributed by atoms with Crippen LogP contribution >= 0.6 is 39.0 Å². The summed E-state index contributed by atoms with van der Waals surface area (Å²) in [4.78, 5) is 22.9. The zero-order valence-corrected chi connectivity index (χ0v) is 19.5. The number of aromatic nitrogens is 1. The molecule has 1 heterocycles. The fourth-order valence-corrected chi connectivity index (χ4v) is 5.07. The second-order valence-corrected chi connectivity index (χ2v) is 9.89. The minimum absolute atomic E-state index is 0.0995. The Kier molecular flexibility index (Phi) is 7.51. The van der Waals surface area contributed by atoms with Crippen molar-refractivity contribution < 1.29 is 4.79 Å². The second-order valence-electron chi connectivity index (χ2n) is 6.91. The Morgan fingerprint density at radius 1 is 1.14 bits per heavy atom. The molecule has 0 radical (unpaired) electrons. The van der Waals surface area contributed by atoms with E-state index in [9.17, 15) is 4.79 Å². The van der Waals surface area contributed by atoms with Crippen molar-refractivity contribution in [1.82, 2.24) is 9.88 Å². The predicted octanol–water partition coefficient (Wildman–Crippen LogP) is 5.44. The number of rotatable bonds is 8. The van der Waals surface area contributed by atoms with Crippen molar-refractivity contribution in [2.45, 2.75) is 18.2 Å². The normalized spacial score (nSPS) is 11.3. The number of hydrogen-bond acceptors (Lipinski definition) is 5. The van der Waals surface area contributed by atoms with E-state index >= 15 is 0 Å². The highest BCUT2D eigenvalue weighted by molar-refractivity contribution is 9.10. The molecule has 0 spiro atoms. The van der Waals surface area contributed by atoms with Gasteiger partial charge >= 0.3 is 0 Å². The van der Waals surface area contributed by atoms with Crippen molar-refractivity contribution in [3.05, 3.63) is 52.5 Å². The van der Waals surface area contributed by atoms with Crippen LogP contribution in [-0.4, -0.2) is 48.7 Å². The van der Waals surface area contributed by atoms with Crippen LogP contribution in [0.5, 0.6) is 0 Å². The van der Waals surface area contributed by atoms with Gasteiger partial charge in [-0.2, -0.15) is 0 Å². The summed E-state index contributed by atoms with van der Waals surface area (Å²) in [5.74, 6) is 0.507. The molecule has 0 aliphatic rings. The number of aryl methyl sites for hydroxylation is 1. The second kappa shape index (κ2) is 9.87. The molecule has 0 bridgehead atoms. The molecular formula is C21H24BrN3OS2. The maximum atomic E-state index is 13.1. The van der Waals surface area contributed by atoms with Crippen LogP contribution in [0.2, 0.25) is 0 Å². The van der Waals surface area contributed by atoms with E-state index in [1.54, 1.807) is 23.1 Å². The summed E-state index contributed by atoms with van der Waals surface area (Å²) >= 11 is 6.66. The summed E-state index contributed by atoms with van der Waals surface area (Å²) in [6.07, 6.45) is 0.910. The summed E-state index contributed by atoms with van der Waals surface area (Å²) in [5.41, 5.74) is 2.15. The minimum atomic E-state index is 0.0995. The SMILES string of the molecule is Cc1ccc(SCC(=O)N(CCCN(C)C)c2nc3ccc(Br)cc3s2)cc1. The molecule has 148 valence electrons. The molecule has 0 fully saturated rings. The molecule has 1 aromatic heterocycles. The number of thiazole rings is 1. The van der Waals surface area contributed by atoms with Crippen molar-refractivity contribution in [2.24, 2.45) is 0 Å². The average molecular weight is 478 g/mol. The fourth-order valence-electron chi connectivity index (χ4n) is 2.73. The van der Waals surface area contributed by atoms with Crippen LogP contribution in [0.1, 0.15) is 12.0 Å². The number of carbonyl (C=O) groups excluding carboxylic acids is 1. The van der Waals surface area contributed by atoms with Gasteiger partial charge in [0, 0.05) is 15.9 Å². The lowest BCUT2D eigenvalue weighted by Crippen LogP contribution is -2.34. The highest BCUT2D eigenvalue weighted by Crippen LogP contribution is 2.31. The molecule has 0 unspecified atom stereocenters. The van der Waals surface area contributed by atoms with E-state index in [0.29, 0.717) is 12.3 Å². The van der Waals surface area contributed by atoms with Gasteiger partial charge in [-0.15, -0.1) is 11.8 Å².